The van der Waals surface area contributed by atoms with Crippen molar-refractivity contribution in [3.05, 3.63) is 35.9 Å². The van der Waals surface area contributed by atoms with Crippen LogP contribution in [0.4, 0.5) is 0 Å². The minimum absolute atomic E-state index is 0.126. The summed E-state index contributed by atoms with van der Waals surface area (Å²) < 4.78 is 0. The minimum Gasteiger partial charge on any atom is -0.347 e. The van der Waals surface area contributed by atoms with Crippen LogP contribution in [0.5, 0.6) is 0 Å². The van der Waals surface area contributed by atoms with Crippen molar-refractivity contribution in [2.75, 3.05) is 39.3 Å². The highest BCUT2D eigenvalue weighted by molar-refractivity contribution is 5.77. The minimum atomic E-state index is -0.126. The Labute approximate surface area is 146 Å². The SMILES string of the molecule is CCN1CCN(CCC(=O)NC2(c3ccccc3)CCCC2)CC1. The van der Waals surface area contributed by atoms with E-state index < -0.39 is 0 Å². The second-order valence-corrected chi connectivity index (χ2v) is 7.23. The fourth-order valence-corrected chi connectivity index (χ4v) is 4.14. The second-order valence-electron chi connectivity index (χ2n) is 7.23. The molecule has 0 atom stereocenters. The van der Waals surface area contributed by atoms with Crippen molar-refractivity contribution in [1.82, 2.24) is 15.1 Å². The van der Waals surface area contributed by atoms with E-state index in [-0.39, 0.29) is 11.4 Å². The van der Waals surface area contributed by atoms with E-state index >= 15 is 0 Å². The number of hydrogen-bond donors (Lipinski definition) is 1. The third kappa shape index (κ3) is 4.17. The smallest absolute Gasteiger partial charge is 0.221 e. The molecule has 1 aromatic rings. The summed E-state index contributed by atoms with van der Waals surface area (Å²) in [5.41, 5.74) is 1.15. The molecule has 0 aromatic heterocycles. The van der Waals surface area contributed by atoms with Crippen LogP contribution in [0.25, 0.3) is 0 Å². The van der Waals surface area contributed by atoms with E-state index in [4.69, 9.17) is 0 Å². The first-order valence-electron chi connectivity index (χ1n) is 9.53. The first-order valence-corrected chi connectivity index (χ1v) is 9.53. The third-order valence-electron chi connectivity index (χ3n) is 5.73. The Hall–Kier alpha value is -1.39. The summed E-state index contributed by atoms with van der Waals surface area (Å²) in [6.07, 6.45) is 5.15. The normalized spacial score (nSPS) is 21.7. The van der Waals surface area contributed by atoms with Gasteiger partial charge in [-0.05, 0) is 24.9 Å². The van der Waals surface area contributed by atoms with Crippen LogP contribution in [0.1, 0.15) is 44.6 Å². The van der Waals surface area contributed by atoms with Crippen molar-refractivity contribution >= 4 is 5.91 Å². The van der Waals surface area contributed by atoms with Crippen LogP contribution in [0.3, 0.4) is 0 Å². The predicted molar refractivity (Wildman–Crippen MR) is 97.9 cm³/mol. The molecule has 24 heavy (non-hydrogen) atoms. The van der Waals surface area contributed by atoms with Gasteiger partial charge in [0.05, 0.1) is 5.54 Å². The van der Waals surface area contributed by atoms with Gasteiger partial charge in [-0.1, -0.05) is 50.1 Å². The molecule has 1 aromatic carbocycles. The molecule has 1 saturated carbocycles. The number of piperazine rings is 1. The Morgan fingerprint density at radius 1 is 1.04 bits per heavy atom. The number of rotatable bonds is 6. The van der Waals surface area contributed by atoms with Gasteiger partial charge >= 0.3 is 0 Å². The molecule has 1 heterocycles. The van der Waals surface area contributed by atoms with Crippen molar-refractivity contribution < 1.29 is 4.79 Å². The molecule has 1 aliphatic heterocycles. The lowest BCUT2D eigenvalue weighted by molar-refractivity contribution is -0.123. The maximum absolute atomic E-state index is 12.6. The number of likely N-dealkylation sites (N-methyl/N-ethyl adjacent to an activating group) is 1. The summed E-state index contributed by atoms with van der Waals surface area (Å²) in [7, 11) is 0. The highest BCUT2D eigenvalue weighted by atomic mass is 16.1. The van der Waals surface area contributed by atoms with Crippen molar-refractivity contribution in [1.29, 1.82) is 0 Å². The Kier molecular flexibility index (Phi) is 5.90. The van der Waals surface area contributed by atoms with E-state index in [9.17, 15) is 4.79 Å². The van der Waals surface area contributed by atoms with Gasteiger partial charge in [-0.15, -0.1) is 0 Å². The van der Waals surface area contributed by atoms with Crippen LogP contribution in [0.15, 0.2) is 30.3 Å². The van der Waals surface area contributed by atoms with E-state index in [0.29, 0.717) is 6.42 Å². The molecule has 2 fully saturated rings. The molecular formula is C20H31N3O. The summed E-state index contributed by atoms with van der Waals surface area (Å²) in [6.45, 7) is 8.67. The number of nitrogens with one attached hydrogen (secondary N) is 1. The summed E-state index contributed by atoms with van der Waals surface area (Å²) in [5.74, 6) is 0.207. The third-order valence-corrected chi connectivity index (χ3v) is 5.73. The molecule has 132 valence electrons. The first-order chi connectivity index (χ1) is 11.7. The Balaban J connectivity index is 1.52. The maximum Gasteiger partial charge on any atom is 0.221 e. The van der Waals surface area contributed by atoms with E-state index in [2.05, 4.69) is 46.3 Å². The molecule has 4 heteroatoms. The Bertz CT molecular complexity index is 517. The largest absolute Gasteiger partial charge is 0.347 e. The summed E-state index contributed by atoms with van der Waals surface area (Å²) >= 11 is 0. The fourth-order valence-electron chi connectivity index (χ4n) is 4.14. The van der Waals surface area contributed by atoms with Crippen LogP contribution in [-0.2, 0) is 10.3 Å². The van der Waals surface area contributed by atoms with Crippen LogP contribution in [-0.4, -0.2) is 55.0 Å². The number of nitrogens with zero attached hydrogens (tertiary/aromatic N) is 2. The average molecular weight is 329 g/mol. The number of hydrogen-bond acceptors (Lipinski definition) is 3. The van der Waals surface area contributed by atoms with Gasteiger partial charge in [-0.25, -0.2) is 0 Å². The lowest BCUT2D eigenvalue weighted by atomic mass is 9.88. The van der Waals surface area contributed by atoms with E-state index in [1.807, 2.05) is 6.07 Å². The van der Waals surface area contributed by atoms with Crippen LogP contribution >= 0.6 is 0 Å². The van der Waals surface area contributed by atoms with Crippen molar-refractivity contribution in [2.45, 2.75) is 44.6 Å². The molecule has 3 rings (SSSR count). The highest BCUT2D eigenvalue weighted by Gasteiger charge is 2.36. The maximum atomic E-state index is 12.6. The molecule has 2 aliphatic rings. The van der Waals surface area contributed by atoms with Crippen molar-refractivity contribution in [3.63, 3.8) is 0 Å². The van der Waals surface area contributed by atoms with Crippen LogP contribution in [0.2, 0.25) is 0 Å². The second kappa shape index (κ2) is 8.13. The fraction of sp³-hybridized carbons (Fsp3) is 0.650. The number of carbonyl (C=O) groups is 1. The summed E-state index contributed by atoms with van der Waals surface area (Å²) in [5, 5.41) is 3.39. The molecule has 0 radical (unpaired) electrons. The van der Waals surface area contributed by atoms with Crippen LogP contribution in [0, 0.1) is 0 Å². The summed E-state index contributed by atoms with van der Waals surface area (Å²) in [6, 6.07) is 10.5. The molecular weight excluding hydrogens is 298 g/mol. The molecule has 1 amide bonds. The molecule has 0 unspecified atom stereocenters. The average Bonchev–Trinajstić information content (AvgIpc) is 3.11. The zero-order chi connectivity index (χ0) is 16.8. The standard InChI is InChI=1S/C20H31N3O/c1-2-22-14-16-23(17-15-22)13-10-19(24)21-20(11-6-7-12-20)18-8-4-3-5-9-18/h3-5,8-9H,2,6-7,10-17H2,1H3,(H,21,24). The van der Waals surface area contributed by atoms with Crippen molar-refractivity contribution in [3.8, 4) is 0 Å². The number of benzene rings is 1. The van der Waals surface area contributed by atoms with Gasteiger partial charge in [0.2, 0.25) is 5.91 Å². The zero-order valence-corrected chi connectivity index (χ0v) is 15.0. The highest BCUT2D eigenvalue weighted by Crippen LogP contribution is 2.38. The zero-order valence-electron chi connectivity index (χ0n) is 15.0. The topological polar surface area (TPSA) is 35.6 Å². The number of amides is 1. The molecule has 0 bridgehead atoms. The molecule has 1 saturated heterocycles. The van der Waals surface area contributed by atoms with Gasteiger partial charge in [0, 0.05) is 39.1 Å². The van der Waals surface area contributed by atoms with E-state index in [1.165, 1.54) is 18.4 Å². The van der Waals surface area contributed by atoms with Crippen LogP contribution < -0.4 is 5.32 Å². The first kappa shape index (κ1) is 17.4. The van der Waals surface area contributed by atoms with E-state index in [1.54, 1.807) is 0 Å². The Morgan fingerprint density at radius 2 is 1.67 bits per heavy atom. The molecule has 1 aliphatic carbocycles. The molecule has 1 N–H and O–H groups in total. The van der Waals surface area contributed by atoms with Gasteiger partial charge in [0.25, 0.3) is 0 Å². The van der Waals surface area contributed by atoms with Gasteiger partial charge < -0.3 is 15.1 Å². The summed E-state index contributed by atoms with van der Waals surface area (Å²) in [4.78, 5) is 17.5. The van der Waals surface area contributed by atoms with Gasteiger partial charge in [0.15, 0.2) is 0 Å². The Morgan fingerprint density at radius 3 is 2.29 bits per heavy atom. The molecule has 0 spiro atoms. The lowest BCUT2D eigenvalue weighted by Crippen LogP contribution is -2.48. The van der Waals surface area contributed by atoms with E-state index in [0.717, 1.165) is 52.1 Å². The van der Waals surface area contributed by atoms with Gasteiger partial charge in [0.1, 0.15) is 0 Å². The quantitative estimate of drug-likeness (QED) is 0.871. The molecule has 4 nitrogen and oxygen atoms in total. The monoisotopic (exact) mass is 329 g/mol. The lowest BCUT2D eigenvalue weighted by Gasteiger charge is -2.34. The van der Waals surface area contributed by atoms with Crippen molar-refractivity contribution in [2.24, 2.45) is 0 Å². The number of carbonyl (C=O) groups excluding carboxylic acids is 1. The predicted octanol–water partition coefficient (Wildman–Crippen LogP) is 2.60. The van der Waals surface area contributed by atoms with Gasteiger partial charge in [-0.2, -0.15) is 0 Å². The van der Waals surface area contributed by atoms with Gasteiger partial charge in [-0.3, -0.25) is 4.79 Å².